The predicted octanol–water partition coefficient (Wildman–Crippen LogP) is 5.83. The zero-order valence-corrected chi connectivity index (χ0v) is 14.9. The van der Waals surface area contributed by atoms with Gasteiger partial charge in [0.2, 0.25) is 0 Å². The van der Waals surface area contributed by atoms with Gasteiger partial charge in [-0.25, -0.2) is 9.97 Å². The number of nitrogens with zero attached hydrogens (tertiary/aromatic N) is 2. The molecule has 2 heterocycles. The molecule has 0 bridgehead atoms. The van der Waals surface area contributed by atoms with Crippen LogP contribution in [-0.2, 0) is 6.42 Å². The highest BCUT2D eigenvalue weighted by Crippen LogP contribution is 2.37. The number of benzene rings is 2. The Kier molecular flexibility index (Phi) is 4.24. The molecule has 2 nitrogen and oxygen atoms in total. The maximum Gasteiger partial charge on any atom is 0.101 e. The van der Waals surface area contributed by atoms with Crippen LogP contribution < -0.4 is 0 Å². The number of aryl methyl sites for hydroxylation is 1. The fourth-order valence-electron chi connectivity index (χ4n) is 2.63. The summed E-state index contributed by atoms with van der Waals surface area (Å²) in [5, 5.41) is 4.33. The molecule has 0 spiro atoms. The summed E-state index contributed by atoms with van der Waals surface area (Å²) in [7, 11) is 0. The molecule has 0 saturated heterocycles. The average Bonchev–Trinajstić information content (AvgIpc) is 3.23. The third-order valence-corrected chi connectivity index (χ3v) is 5.79. The second-order valence-electron chi connectivity index (χ2n) is 5.58. The van der Waals surface area contributed by atoms with E-state index in [4.69, 9.17) is 4.98 Å². The normalized spacial score (nSPS) is 10.9. The van der Waals surface area contributed by atoms with E-state index in [0.29, 0.717) is 0 Å². The molecule has 0 radical (unpaired) electrons. The van der Waals surface area contributed by atoms with E-state index >= 15 is 0 Å². The van der Waals surface area contributed by atoms with Gasteiger partial charge >= 0.3 is 0 Å². The molecule has 0 saturated carbocycles. The van der Waals surface area contributed by atoms with Gasteiger partial charge in [0.25, 0.3) is 0 Å². The minimum absolute atomic E-state index is 0.801. The van der Waals surface area contributed by atoms with Crippen LogP contribution in [0.25, 0.3) is 21.7 Å². The monoisotopic (exact) mass is 348 g/mol. The maximum atomic E-state index is 4.95. The van der Waals surface area contributed by atoms with Crippen molar-refractivity contribution < 1.29 is 0 Å². The summed E-state index contributed by atoms with van der Waals surface area (Å²) in [6.45, 7) is 2.03. The third kappa shape index (κ3) is 3.16. The Morgan fingerprint density at radius 3 is 2.08 bits per heavy atom. The first-order valence-electron chi connectivity index (χ1n) is 7.81. The maximum absolute atomic E-state index is 4.95. The van der Waals surface area contributed by atoms with Gasteiger partial charge in [-0.1, -0.05) is 60.7 Å². The molecule has 4 rings (SSSR count). The van der Waals surface area contributed by atoms with Gasteiger partial charge in [-0.3, -0.25) is 0 Å². The fourth-order valence-corrected chi connectivity index (χ4v) is 4.59. The third-order valence-electron chi connectivity index (χ3n) is 3.72. The average molecular weight is 348 g/mol. The van der Waals surface area contributed by atoms with E-state index in [1.54, 1.807) is 22.7 Å². The van der Waals surface area contributed by atoms with Crippen molar-refractivity contribution in [2.45, 2.75) is 13.3 Å². The summed E-state index contributed by atoms with van der Waals surface area (Å²) in [6.07, 6.45) is 0.801. The molecule has 24 heavy (non-hydrogen) atoms. The summed E-state index contributed by atoms with van der Waals surface area (Å²) in [4.78, 5) is 10.7. The highest BCUT2D eigenvalue weighted by molar-refractivity contribution is 7.16. The van der Waals surface area contributed by atoms with Gasteiger partial charge in [-0.2, -0.15) is 0 Å². The van der Waals surface area contributed by atoms with Crippen LogP contribution in [0.15, 0.2) is 66.0 Å². The molecule has 0 unspecified atom stereocenters. The topological polar surface area (TPSA) is 25.8 Å². The minimum Gasteiger partial charge on any atom is -0.246 e. The Balaban J connectivity index is 1.79. The van der Waals surface area contributed by atoms with Crippen molar-refractivity contribution in [1.29, 1.82) is 0 Å². The minimum atomic E-state index is 0.801. The van der Waals surface area contributed by atoms with Crippen LogP contribution in [0.1, 0.15) is 15.7 Å². The zero-order chi connectivity index (χ0) is 16.4. The number of aromatic nitrogens is 2. The Labute approximate surface area is 149 Å². The zero-order valence-electron chi connectivity index (χ0n) is 13.3. The quantitative estimate of drug-likeness (QED) is 0.463. The highest BCUT2D eigenvalue weighted by Gasteiger charge is 2.15. The standard InChI is InChI=1S/C20H16N2S2/c1-14-13-23-17(21-14)12-18-22-19(15-8-4-2-5-9-15)20(24-18)16-10-6-3-7-11-16/h2-11,13H,12H2,1H3. The largest absolute Gasteiger partial charge is 0.246 e. The van der Waals surface area contributed by atoms with Gasteiger partial charge in [0.15, 0.2) is 0 Å². The van der Waals surface area contributed by atoms with Crippen molar-refractivity contribution >= 4 is 22.7 Å². The van der Waals surface area contributed by atoms with Crippen LogP contribution in [0.2, 0.25) is 0 Å². The molecule has 0 aliphatic carbocycles. The second kappa shape index (κ2) is 6.67. The van der Waals surface area contributed by atoms with E-state index in [1.165, 1.54) is 10.4 Å². The summed E-state index contributed by atoms with van der Waals surface area (Å²) in [6, 6.07) is 20.9. The van der Waals surface area contributed by atoms with Gasteiger partial charge in [0, 0.05) is 16.6 Å². The molecule has 2 aromatic heterocycles. The first kappa shape index (κ1) is 15.2. The van der Waals surface area contributed by atoms with Crippen LogP contribution in [0, 0.1) is 6.92 Å². The van der Waals surface area contributed by atoms with Crippen LogP contribution in [0.4, 0.5) is 0 Å². The van der Waals surface area contributed by atoms with Gasteiger partial charge in [-0.15, -0.1) is 22.7 Å². The van der Waals surface area contributed by atoms with Gasteiger partial charge in [0.1, 0.15) is 5.01 Å². The molecule has 0 aliphatic rings. The molecule has 4 heteroatoms. The summed E-state index contributed by atoms with van der Waals surface area (Å²) in [5.74, 6) is 0. The van der Waals surface area contributed by atoms with Crippen LogP contribution in [0.3, 0.4) is 0 Å². The number of hydrogen-bond acceptors (Lipinski definition) is 4. The lowest BCUT2D eigenvalue weighted by Gasteiger charge is -2.02. The Bertz CT molecular complexity index is 883. The van der Waals surface area contributed by atoms with Gasteiger partial charge < -0.3 is 0 Å². The van der Waals surface area contributed by atoms with Crippen molar-refractivity contribution in [2.75, 3.05) is 0 Å². The molecular weight excluding hydrogens is 332 g/mol. The second-order valence-corrected chi connectivity index (χ2v) is 7.60. The van der Waals surface area contributed by atoms with Crippen LogP contribution in [0.5, 0.6) is 0 Å². The van der Waals surface area contributed by atoms with E-state index in [-0.39, 0.29) is 0 Å². The molecule has 0 amide bonds. The lowest BCUT2D eigenvalue weighted by atomic mass is 10.1. The molecule has 0 aliphatic heterocycles. The lowest BCUT2D eigenvalue weighted by molar-refractivity contribution is 1.08. The molecule has 4 aromatic rings. The summed E-state index contributed by atoms with van der Waals surface area (Å²) in [5.41, 5.74) is 4.53. The van der Waals surface area contributed by atoms with Crippen molar-refractivity contribution in [3.8, 4) is 21.7 Å². The molecule has 0 atom stereocenters. The first-order valence-corrected chi connectivity index (χ1v) is 9.51. The van der Waals surface area contributed by atoms with Crippen molar-refractivity contribution in [3.63, 3.8) is 0 Å². The molecule has 0 N–H and O–H groups in total. The van der Waals surface area contributed by atoms with E-state index in [1.807, 2.05) is 19.1 Å². The molecule has 2 aromatic carbocycles. The SMILES string of the molecule is Cc1csc(Cc2nc(-c3ccccc3)c(-c3ccccc3)s2)n1. The Hall–Kier alpha value is -2.30. The van der Waals surface area contributed by atoms with E-state index in [2.05, 4.69) is 58.9 Å². The van der Waals surface area contributed by atoms with Crippen LogP contribution >= 0.6 is 22.7 Å². The summed E-state index contributed by atoms with van der Waals surface area (Å²) < 4.78 is 0. The van der Waals surface area contributed by atoms with Gasteiger partial charge in [-0.05, 0) is 12.5 Å². The van der Waals surface area contributed by atoms with E-state index in [0.717, 1.165) is 33.4 Å². The van der Waals surface area contributed by atoms with E-state index in [9.17, 15) is 0 Å². The van der Waals surface area contributed by atoms with E-state index < -0.39 is 0 Å². The van der Waals surface area contributed by atoms with Crippen molar-refractivity contribution in [3.05, 3.63) is 81.8 Å². The Morgan fingerprint density at radius 1 is 0.792 bits per heavy atom. The molecular formula is C20H16N2S2. The molecule has 118 valence electrons. The highest BCUT2D eigenvalue weighted by atomic mass is 32.1. The first-order chi connectivity index (χ1) is 11.8. The number of rotatable bonds is 4. The fraction of sp³-hybridized carbons (Fsp3) is 0.100. The van der Waals surface area contributed by atoms with Gasteiger partial charge in [0.05, 0.1) is 22.0 Å². The number of thiazole rings is 2. The lowest BCUT2D eigenvalue weighted by Crippen LogP contribution is -1.87. The van der Waals surface area contributed by atoms with Crippen LogP contribution in [-0.4, -0.2) is 9.97 Å². The Morgan fingerprint density at radius 2 is 1.46 bits per heavy atom. The predicted molar refractivity (Wildman–Crippen MR) is 103 cm³/mol. The number of hydrogen-bond donors (Lipinski definition) is 0. The smallest absolute Gasteiger partial charge is 0.101 e. The molecule has 0 fully saturated rings. The van der Waals surface area contributed by atoms with Crippen molar-refractivity contribution in [2.24, 2.45) is 0 Å². The summed E-state index contributed by atoms with van der Waals surface area (Å²) >= 11 is 3.47. The van der Waals surface area contributed by atoms with Crippen molar-refractivity contribution in [1.82, 2.24) is 9.97 Å².